The first kappa shape index (κ1) is 21.8. The summed E-state index contributed by atoms with van der Waals surface area (Å²) in [5.74, 6) is -0.220. The molecule has 0 unspecified atom stereocenters. The van der Waals surface area contributed by atoms with Crippen molar-refractivity contribution in [2.45, 2.75) is 71.2 Å². The summed E-state index contributed by atoms with van der Waals surface area (Å²) in [7, 11) is -0.438. The van der Waals surface area contributed by atoms with Crippen LogP contribution in [0.3, 0.4) is 0 Å². The van der Waals surface area contributed by atoms with Crippen LogP contribution in [0, 0.1) is 11.8 Å². The van der Waals surface area contributed by atoms with Gasteiger partial charge >= 0.3 is 5.97 Å². The van der Waals surface area contributed by atoms with Gasteiger partial charge in [0.15, 0.2) is 14.1 Å². The number of ether oxygens (including phenoxy) is 1. The Bertz CT molecular complexity index is 673. The Morgan fingerprint density at radius 3 is 2.26 bits per heavy atom. The van der Waals surface area contributed by atoms with Gasteiger partial charge in [0.05, 0.1) is 25.3 Å². The average molecular weight is 392 g/mol. The topological polar surface area (TPSA) is 65.5 Å². The van der Waals surface area contributed by atoms with E-state index in [0.29, 0.717) is 38.0 Å². The minimum atomic E-state index is -1.86. The van der Waals surface area contributed by atoms with E-state index in [-0.39, 0.29) is 28.6 Å². The molecule has 1 aliphatic rings. The summed E-state index contributed by atoms with van der Waals surface area (Å²) in [5.41, 5.74) is 1.31. The lowest BCUT2D eigenvalue weighted by Crippen LogP contribution is -2.40. The normalized spacial score (nSPS) is 21.0. The van der Waals surface area contributed by atoms with Crippen LogP contribution in [0.25, 0.3) is 0 Å². The summed E-state index contributed by atoms with van der Waals surface area (Å²) < 4.78 is 11.0. The van der Waals surface area contributed by atoms with Gasteiger partial charge in [0.1, 0.15) is 5.69 Å². The first-order valence-corrected chi connectivity index (χ1v) is 12.7. The van der Waals surface area contributed by atoms with Crippen LogP contribution in [-0.2, 0) is 20.6 Å². The third kappa shape index (κ3) is 5.48. The molecule has 0 radical (unpaired) electrons. The van der Waals surface area contributed by atoms with E-state index in [1.807, 2.05) is 12.1 Å². The molecule has 6 heteroatoms. The summed E-state index contributed by atoms with van der Waals surface area (Å²) in [5, 5.41) is 0.138. The van der Waals surface area contributed by atoms with Gasteiger partial charge in [0.2, 0.25) is 0 Å². The van der Waals surface area contributed by atoms with Gasteiger partial charge in [-0.15, -0.1) is 0 Å². The number of pyridine rings is 1. The maximum atomic E-state index is 12.8. The Morgan fingerprint density at radius 2 is 1.70 bits per heavy atom. The molecule has 5 nitrogen and oxygen atoms in total. The number of nitrogens with zero attached hydrogens (tertiary/aromatic N) is 1. The smallest absolute Gasteiger partial charge is 0.308 e. The Balaban J connectivity index is 1.99. The number of hydrogen-bond acceptors (Lipinski definition) is 5. The molecule has 0 spiro atoms. The van der Waals surface area contributed by atoms with Crippen molar-refractivity contribution < 1.29 is 18.8 Å². The van der Waals surface area contributed by atoms with Gasteiger partial charge in [-0.2, -0.15) is 0 Å². The number of methoxy groups -OCH3 is 1. The van der Waals surface area contributed by atoms with Crippen LogP contribution < -0.4 is 0 Å². The van der Waals surface area contributed by atoms with Gasteiger partial charge in [0, 0.05) is 5.92 Å². The zero-order chi connectivity index (χ0) is 20.2. The number of ketones is 1. The van der Waals surface area contributed by atoms with E-state index in [1.165, 1.54) is 7.11 Å². The first-order valence-electron chi connectivity index (χ1n) is 9.77. The molecule has 0 amide bonds. The molecular weight excluding hydrogens is 358 g/mol. The van der Waals surface area contributed by atoms with Crippen LogP contribution in [0.5, 0.6) is 0 Å². The molecule has 1 saturated carbocycles. The SMILES string of the molecule is COC(=O)[C@H]1CC[C@H](C(=O)c2cccc(CO[Si](C)(C)C(C)(C)C)n2)CC1. The van der Waals surface area contributed by atoms with Gasteiger partial charge < -0.3 is 9.16 Å². The van der Waals surface area contributed by atoms with Crippen LogP contribution in [0.2, 0.25) is 18.1 Å². The maximum absolute atomic E-state index is 12.8. The summed E-state index contributed by atoms with van der Waals surface area (Å²) in [6, 6.07) is 5.58. The summed E-state index contributed by atoms with van der Waals surface area (Å²) in [6.45, 7) is 11.5. The number of Topliss-reactive ketones (excluding diaryl/α,β-unsaturated/α-hetero) is 1. The highest BCUT2D eigenvalue weighted by Crippen LogP contribution is 2.37. The molecule has 0 saturated heterocycles. The Hall–Kier alpha value is -1.53. The number of carbonyl (C=O) groups is 2. The number of carbonyl (C=O) groups excluding carboxylic acids is 2. The molecule has 1 aliphatic carbocycles. The fourth-order valence-electron chi connectivity index (χ4n) is 3.14. The van der Waals surface area contributed by atoms with Crippen molar-refractivity contribution in [3.05, 3.63) is 29.6 Å². The Morgan fingerprint density at radius 1 is 1.11 bits per heavy atom. The van der Waals surface area contributed by atoms with Crippen molar-refractivity contribution in [3.8, 4) is 0 Å². The van der Waals surface area contributed by atoms with Crippen molar-refractivity contribution in [1.82, 2.24) is 4.98 Å². The Labute approximate surface area is 164 Å². The molecule has 150 valence electrons. The lowest BCUT2D eigenvalue weighted by molar-refractivity contribution is -0.146. The second-order valence-electron chi connectivity index (χ2n) is 9.00. The van der Waals surface area contributed by atoms with Gasteiger partial charge in [-0.05, 0) is 55.9 Å². The lowest BCUT2D eigenvalue weighted by atomic mass is 9.79. The molecule has 1 heterocycles. The molecule has 1 aromatic heterocycles. The summed E-state index contributed by atoms with van der Waals surface area (Å²) in [4.78, 5) is 29.1. The van der Waals surface area contributed by atoms with Crippen molar-refractivity contribution >= 4 is 20.1 Å². The summed E-state index contributed by atoms with van der Waals surface area (Å²) in [6.07, 6.45) is 2.84. The third-order valence-corrected chi connectivity index (χ3v) is 10.6. The highest BCUT2D eigenvalue weighted by Gasteiger charge is 2.37. The molecule has 0 bridgehead atoms. The van der Waals surface area contributed by atoms with E-state index in [0.717, 1.165) is 5.69 Å². The number of esters is 1. The van der Waals surface area contributed by atoms with Crippen LogP contribution in [0.15, 0.2) is 18.2 Å². The van der Waals surface area contributed by atoms with Crippen molar-refractivity contribution in [3.63, 3.8) is 0 Å². The van der Waals surface area contributed by atoms with E-state index in [1.54, 1.807) is 6.07 Å². The van der Waals surface area contributed by atoms with Crippen molar-refractivity contribution in [2.24, 2.45) is 11.8 Å². The highest BCUT2D eigenvalue weighted by molar-refractivity contribution is 6.74. The molecule has 0 N–H and O–H groups in total. The van der Waals surface area contributed by atoms with Gasteiger partial charge in [-0.1, -0.05) is 26.8 Å². The number of hydrogen-bond donors (Lipinski definition) is 0. The van der Waals surface area contributed by atoms with E-state index in [2.05, 4.69) is 38.8 Å². The molecule has 1 aromatic rings. The molecule has 2 rings (SSSR count). The van der Waals surface area contributed by atoms with Crippen LogP contribution in [-0.4, -0.2) is 32.2 Å². The van der Waals surface area contributed by atoms with E-state index >= 15 is 0 Å². The van der Waals surface area contributed by atoms with Crippen LogP contribution >= 0.6 is 0 Å². The van der Waals surface area contributed by atoms with Crippen molar-refractivity contribution in [1.29, 1.82) is 0 Å². The average Bonchev–Trinajstić information content (AvgIpc) is 2.64. The van der Waals surface area contributed by atoms with E-state index < -0.39 is 8.32 Å². The fourth-order valence-corrected chi connectivity index (χ4v) is 4.08. The zero-order valence-electron chi connectivity index (χ0n) is 17.5. The highest BCUT2D eigenvalue weighted by atomic mass is 28.4. The minimum absolute atomic E-state index is 0.0602. The monoisotopic (exact) mass is 391 g/mol. The third-order valence-electron chi connectivity index (χ3n) is 6.08. The molecule has 1 fully saturated rings. The predicted octanol–water partition coefficient (Wildman–Crippen LogP) is 4.77. The molecule has 27 heavy (non-hydrogen) atoms. The van der Waals surface area contributed by atoms with Crippen LogP contribution in [0.1, 0.15) is 62.6 Å². The standard InChI is InChI=1S/C21H33NO4Si/c1-21(2,3)27(5,6)26-14-17-8-7-9-18(22-17)19(23)15-10-12-16(13-11-15)20(24)25-4/h7-9,15-16H,10-14H2,1-6H3/t15-,16-. The molecule has 0 aliphatic heterocycles. The second kappa shape index (κ2) is 8.65. The lowest BCUT2D eigenvalue weighted by Gasteiger charge is -2.36. The number of aromatic nitrogens is 1. The number of rotatable bonds is 6. The predicted molar refractivity (Wildman–Crippen MR) is 108 cm³/mol. The van der Waals surface area contributed by atoms with Crippen molar-refractivity contribution in [2.75, 3.05) is 7.11 Å². The molecule has 0 atom stereocenters. The molecule has 0 aromatic carbocycles. The summed E-state index contributed by atoms with van der Waals surface area (Å²) >= 11 is 0. The maximum Gasteiger partial charge on any atom is 0.308 e. The second-order valence-corrected chi connectivity index (χ2v) is 13.8. The van der Waals surface area contributed by atoms with Gasteiger partial charge in [0.25, 0.3) is 0 Å². The van der Waals surface area contributed by atoms with E-state index in [4.69, 9.17) is 9.16 Å². The molecular formula is C21H33NO4Si. The van der Waals surface area contributed by atoms with Crippen LogP contribution in [0.4, 0.5) is 0 Å². The van der Waals surface area contributed by atoms with Gasteiger partial charge in [-0.3, -0.25) is 9.59 Å². The Kier molecular flexibility index (Phi) is 6.97. The minimum Gasteiger partial charge on any atom is -0.469 e. The largest absolute Gasteiger partial charge is 0.469 e. The fraction of sp³-hybridized carbons (Fsp3) is 0.667. The quantitative estimate of drug-likeness (QED) is 0.397. The van der Waals surface area contributed by atoms with E-state index in [9.17, 15) is 9.59 Å². The zero-order valence-corrected chi connectivity index (χ0v) is 18.5. The first-order chi connectivity index (χ1) is 12.5. The van der Waals surface area contributed by atoms with Gasteiger partial charge in [-0.25, -0.2) is 4.98 Å².